The van der Waals surface area contributed by atoms with Crippen molar-refractivity contribution in [2.75, 3.05) is 6.54 Å². The fourth-order valence-electron chi connectivity index (χ4n) is 2.64. The molecule has 0 bridgehead atoms. The Bertz CT molecular complexity index is 521. The van der Waals surface area contributed by atoms with Gasteiger partial charge in [0.1, 0.15) is 5.75 Å². The smallest absolute Gasteiger partial charge is 0.306 e. The Hall–Kier alpha value is -0.970. The molecule has 0 aromatic heterocycles. The van der Waals surface area contributed by atoms with Gasteiger partial charge in [-0.25, -0.2) is 0 Å². The minimum atomic E-state index is -0.731. The average Bonchev–Trinajstić information content (AvgIpc) is 2.37. The van der Waals surface area contributed by atoms with Crippen LogP contribution in [0.2, 0.25) is 10.0 Å². The van der Waals surface area contributed by atoms with E-state index in [1.807, 2.05) is 6.92 Å². The first-order valence-electron chi connectivity index (χ1n) is 6.52. The minimum absolute atomic E-state index is 0.0450. The van der Waals surface area contributed by atoms with Crippen LogP contribution in [0.25, 0.3) is 0 Å². The highest BCUT2D eigenvalue weighted by atomic mass is 35.5. The van der Waals surface area contributed by atoms with Crippen molar-refractivity contribution in [1.82, 2.24) is 4.90 Å². The zero-order valence-corrected chi connectivity index (χ0v) is 12.7. The van der Waals surface area contributed by atoms with E-state index in [2.05, 4.69) is 4.90 Å². The number of hydrogen-bond acceptors (Lipinski definition) is 3. The molecule has 1 aromatic carbocycles. The van der Waals surface area contributed by atoms with Crippen molar-refractivity contribution in [3.8, 4) is 5.75 Å². The number of aromatic hydroxyl groups is 1. The van der Waals surface area contributed by atoms with E-state index in [1.54, 1.807) is 6.07 Å². The SMILES string of the molecule is CC1CC(C(=O)O)CCN1Cc1cc(Cl)cc(Cl)c1O. The number of phenols is 1. The summed E-state index contributed by atoms with van der Waals surface area (Å²) < 4.78 is 0. The maximum absolute atomic E-state index is 11.0. The van der Waals surface area contributed by atoms with Crippen molar-refractivity contribution >= 4 is 29.2 Å². The Morgan fingerprint density at radius 1 is 1.45 bits per heavy atom. The molecule has 1 saturated heterocycles. The van der Waals surface area contributed by atoms with Crippen molar-refractivity contribution in [2.45, 2.75) is 32.4 Å². The molecule has 1 aliphatic heterocycles. The molecule has 1 aliphatic rings. The molecule has 0 radical (unpaired) electrons. The third-order valence-corrected chi connectivity index (χ3v) is 4.35. The Balaban J connectivity index is 2.10. The van der Waals surface area contributed by atoms with Gasteiger partial charge in [0.2, 0.25) is 0 Å². The minimum Gasteiger partial charge on any atom is -0.506 e. The average molecular weight is 318 g/mol. The summed E-state index contributed by atoms with van der Waals surface area (Å²) in [6, 6.07) is 3.34. The molecule has 0 spiro atoms. The molecule has 0 amide bonds. The van der Waals surface area contributed by atoms with Crippen LogP contribution >= 0.6 is 23.2 Å². The molecular formula is C14H17Cl2NO3. The van der Waals surface area contributed by atoms with Crippen molar-refractivity contribution in [3.63, 3.8) is 0 Å². The molecule has 0 saturated carbocycles. The van der Waals surface area contributed by atoms with Gasteiger partial charge in [0.25, 0.3) is 0 Å². The third-order valence-electron chi connectivity index (χ3n) is 3.84. The zero-order chi connectivity index (χ0) is 14.9. The predicted molar refractivity (Wildman–Crippen MR) is 78.4 cm³/mol. The highest BCUT2D eigenvalue weighted by Crippen LogP contribution is 2.33. The molecule has 1 aromatic rings. The molecular weight excluding hydrogens is 301 g/mol. The molecule has 2 N–H and O–H groups in total. The van der Waals surface area contributed by atoms with Gasteiger partial charge in [-0.3, -0.25) is 9.69 Å². The number of carboxylic acids is 1. The fraction of sp³-hybridized carbons (Fsp3) is 0.500. The molecule has 1 heterocycles. The number of aliphatic carboxylic acids is 1. The maximum atomic E-state index is 11.0. The van der Waals surface area contributed by atoms with Gasteiger partial charge in [-0.15, -0.1) is 0 Å². The van der Waals surface area contributed by atoms with E-state index in [9.17, 15) is 9.90 Å². The number of hydrogen-bond donors (Lipinski definition) is 2. The van der Waals surface area contributed by atoms with Gasteiger partial charge >= 0.3 is 5.97 Å². The summed E-state index contributed by atoms with van der Waals surface area (Å²) in [6.07, 6.45) is 1.24. The predicted octanol–water partition coefficient (Wildman–Crippen LogP) is 3.38. The van der Waals surface area contributed by atoms with Crippen molar-refractivity contribution in [1.29, 1.82) is 0 Å². The second-order valence-corrected chi connectivity index (χ2v) is 6.12. The number of carbonyl (C=O) groups is 1. The second kappa shape index (κ2) is 6.20. The van der Waals surface area contributed by atoms with E-state index in [-0.39, 0.29) is 22.7 Å². The number of likely N-dealkylation sites (tertiary alicyclic amines) is 1. The molecule has 4 nitrogen and oxygen atoms in total. The molecule has 110 valence electrons. The van der Waals surface area contributed by atoms with Crippen LogP contribution in [-0.2, 0) is 11.3 Å². The fourth-order valence-corrected chi connectivity index (χ4v) is 3.17. The van der Waals surface area contributed by atoms with E-state index in [4.69, 9.17) is 28.3 Å². The number of benzene rings is 1. The Labute approximate surface area is 127 Å². The van der Waals surface area contributed by atoms with Gasteiger partial charge < -0.3 is 10.2 Å². The lowest BCUT2D eigenvalue weighted by molar-refractivity contribution is -0.144. The third kappa shape index (κ3) is 3.37. The lowest BCUT2D eigenvalue weighted by Gasteiger charge is -2.36. The van der Waals surface area contributed by atoms with Crippen LogP contribution in [0.4, 0.5) is 0 Å². The topological polar surface area (TPSA) is 60.8 Å². The summed E-state index contributed by atoms with van der Waals surface area (Å²) in [6.45, 7) is 3.19. The summed E-state index contributed by atoms with van der Waals surface area (Å²) in [4.78, 5) is 13.2. The van der Waals surface area contributed by atoms with Crippen LogP contribution in [-0.4, -0.2) is 33.7 Å². The molecule has 2 rings (SSSR count). The van der Waals surface area contributed by atoms with Crippen LogP contribution in [0.5, 0.6) is 5.75 Å². The lowest BCUT2D eigenvalue weighted by Crippen LogP contribution is -2.42. The van der Waals surface area contributed by atoms with E-state index in [0.717, 1.165) is 0 Å². The first kappa shape index (κ1) is 15.4. The van der Waals surface area contributed by atoms with Crippen LogP contribution in [0.3, 0.4) is 0 Å². The van der Waals surface area contributed by atoms with E-state index in [1.165, 1.54) is 6.07 Å². The number of nitrogens with zero attached hydrogens (tertiary/aromatic N) is 1. The highest BCUT2D eigenvalue weighted by Gasteiger charge is 2.30. The molecule has 6 heteroatoms. The number of rotatable bonds is 3. The van der Waals surface area contributed by atoms with E-state index < -0.39 is 5.97 Å². The Kier molecular flexibility index (Phi) is 4.78. The molecule has 20 heavy (non-hydrogen) atoms. The van der Waals surface area contributed by atoms with Crippen LogP contribution in [0.1, 0.15) is 25.3 Å². The van der Waals surface area contributed by atoms with Crippen molar-refractivity contribution < 1.29 is 15.0 Å². The number of halogens is 2. The zero-order valence-electron chi connectivity index (χ0n) is 11.1. The molecule has 2 unspecified atom stereocenters. The van der Waals surface area contributed by atoms with Gasteiger partial charge in [0.15, 0.2) is 0 Å². The van der Waals surface area contributed by atoms with Gasteiger partial charge in [-0.05, 0) is 38.4 Å². The number of piperidine rings is 1. The summed E-state index contributed by atoms with van der Waals surface area (Å²) in [5, 5.41) is 19.7. The first-order chi connectivity index (χ1) is 9.38. The lowest BCUT2D eigenvalue weighted by atomic mass is 9.91. The van der Waals surface area contributed by atoms with Gasteiger partial charge in [0, 0.05) is 23.2 Å². The largest absolute Gasteiger partial charge is 0.506 e. The van der Waals surface area contributed by atoms with Crippen molar-refractivity contribution in [2.24, 2.45) is 5.92 Å². The molecule has 1 fully saturated rings. The standard InChI is InChI=1S/C14H17Cl2NO3/c1-8-4-9(14(19)20)2-3-17(8)7-10-5-11(15)6-12(16)13(10)18/h5-6,8-9,18H,2-4,7H2,1H3,(H,19,20). The quantitative estimate of drug-likeness (QED) is 0.897. The van der Waals surface area contributed by atoms with Gasteiger partial charge in [-0.1, -0.05) is 23.2 Å². The number of carboxylic acid groups (broad SMARTS) is 1. The Morgan fingerprint density at radius 2 is 2.15 bits per heavy atom. The first-order valence-corrected chi connectivity index (χ1v) is 7.27. The summed E-state index contributed by atoms with van der Waals surface area (Å²) in [7, 11) is 0. The highest BCUT2D eigenvalue weighted by molar-refractivity contribution is 6.35. The summed E-state index contributed by atoms with van der Waals surface area (Å²) >= 11 is 11.9. The second-order valence-electron chi connectivity index (χ2n) is 5.27. The maximum Gasteiger partial charge on any atom is 0.306 e. The molecule has 0 aliphatic carbocycles. The van der Waals surface area contributed by atoms with Gasteiger partial charge in [-0.2, -0.15) is 0 Å². The monoisotopic (exact) mass is 317 g/mol. The summed E-state index contributed by atoms with van der Waals surface area (Å²) in [5.41, 5.74) is 0.670. The van der Waals surface area contributed by atoms with Crippen molar-refractivity contribution in [3.05, 3.63) is 27.7 Å². The Morgan fingerprint density at radius 3 is 2.75 bits per heavy atom. The molecule has 2 atom stereocenters. The van der Waals surface area contributed by atoms with E-state index >= 15 is 0 Å². The van der Waals surface area contributed by atoms with Crippen LogP contribution in [0.15, 0.2) is 12.1 Å². The van der Waals surface area contributed by atoms with Crippen LogP contribution < -0.4 is 0 Å². The number of phenolic OH excluding ortho intramolecular Hbond substituents is 1. The van der Waals surface area contributed by atoms with Crippen LogP contribution in [0, 0.1) is 5.92 Å². The van der Waals surface area contributed by atoms with Gasteiger partial charge in [0.05, 0.1) is 10.9 Å². The van der Waals surface area contributed by atoms with E-state index in [0.29, 0.717) is 36.5 Å². The summed E-state index contributed by atoms with van der Waals surface area (Å²) in [5.74, 6) is -0.966. The normalized spacial score (nSPS) is 23.8.